The molecule has 0 aromatic heterocycles. The molecular formula is C24H35F3O2. The fourth-order valence-corrected chi connectivity index (χ4v) is 7.97. The van der Waals surface area contributed by atoms with Crippen molar-refractivity contribution in [2.45, 2.75) is 84.7 Å². The standard InChI is InChI=1S/C24H35F3O2/c1-4-29-21(28)14-16-6-8-19-18-7-5-15-13-17(24(25,26)27)9-11-22(15,2)20(18)10-12-23(16,19)3/h14-15,17-20H,4-13H2,1-3H3/b16-14+/t15?,17?,18?,19?,20?,22?,23-/m1/s1. The van der Waals surface area contributed by atoms with E-state index >= 15 is 0 Å². The van der Waals surface area contributed by atoms with Crippen LogP contribution >= 0.6 is 0 Å². The molecule has 0 saturated heterocycles. The summed E-state index contributed by atoms with van der Waals surface area (Å²) in [6.07, 6.45) is 5.25. The van der Waals surface area contributed by atoms with Crippen molar-refractivity contribution in [1.29, 1.82) is 0 Å². The number of esters is 1. The van der Waals surface area contributed by atoms with Crippen molar-refractivity contribution in [2.75, 3.05) is 6.61 Å². The van der Waals surface area contributed by atoms with E-state index in [1.807, 2.05) is 6.92 Å². The number of alkyl halides is 3. The van der Waals surface area contributed by atoms with Crippen LogP contribution in [-0.4, -0.2) is 18.8 Å². The maximum atomic E-state index is 13.3. The van der Waals surface area contributed by atoms with Crippen LogP contribution in [0.5, 0.6) is 0 Å². The minimum Gasteiger partial charge on any atom is -0.463 e. The highest BCUT2D eigenvalue weighted by Crippen LogP contribution is 2.68. The first kappa shape index (κ1) is 21.2. The zero-order valence-electron chi connectivity index (χ0n) is 18.0. The lowest BCUT2D eigenvalue weighted by Crippen LogP contribution is -2.53. The Bertz CT molecular complexity index is 684. The summed E-state index contributed by atoms with van der Waals surface area (Å²) in [5, 5.41) is 0. The predicted molar refractivity (Wildman–Crippen MR) is 106 cm³/mol. The van der Waals surface area contributed by atoms with Crippen molar-refractivity contribution in [1.82, 2.24) is 0 Å². The summed E-state index contributed by atoms with van der Waals surface area (Å²) in [5.41, 5.74) is 1.35. The highest BCUT2D eigenvalue weighted by atomic mass is 19.4. The van der Waals surface area contributed by atoms with Crippen LogP contribution in [0.4, 0.5) is 13.2 Å². The van der Waals surface area contributed by atoms with Gasteiger partial charge in [0.1, 0.15) is 0 Å². The van der Waals surface area contributed by atoms with Crippen LogP contribution in [0.1, 0.15) is 78.6 Å². The van der Waals surface area contributed by atoms with Gasteiger partial charge in [0.25, 0.3) is 0 Å². The summed E-state index contributed by atoms with van der Waals surface area (Å²) in [5.74, 6) is 0.565. The lowest BCUT2D eigenvalue weighted by molar-refractivity contribution is -0.207. The van der Waals surface area contributed by atoms with Gasteiger partial charge in [-0.2, -0.15) is 13.2 Å². The van der Waals surface area contributed by atoms with Gasteiger partial charge in [0.2, 0.25) is 0 Å². The highest BCUT2D eigenvalue weighted by Gasteiger charge is 2.60. The van der Waals surface area contributed by atoms with Gasteiger partial charge in [-0.15, -0.1) is 0 Å². The number of carbonyl (C=O) groups excluding carboxylic acids is 1. The molecule has 0 heterocycles. The van der Waals surface area contributed by atoms with Crippen molar-refractivity contribution in [3.8, 4) is 0 Å². The van der Waals surface area contributed by atoms with Crippen LogP contribution in [0.3, 0.4) is 0 Å². The summed E-state index contributed by atoms with van der Waals surface area (Å²) in [6.45, 7) is 6.84. The maximum absolute atomic E-state index is 13.3. The van der Waals surface area contributed by atoms with Crippen LogP contribution in [0.25, 0.3) is 0 Å². The van der Waals surface area contributed by atoms with E-state index in [9.17, 15) is 18.0 Å². The topological polar surface area (TPSA) is 26.3 Å². The molecule has 5 heteroatoms. The van der Waals surface area contributed by atoms with Crippen molar-refractivity contribution in [3.05, 3.63) is 11.6 Å². The van der Waals surface area contributed by atoms with Crippen LogP contribution in [0.2, 0.25) is 0 Å². The normalized spacial score (nSPS) is 46.0. The zero-order valence-corrected chi connectivity index (χ0v) is 18.0. The maximum Gasteiger partial charge on any atom is 0.391 e. The third kappa shape index (κ3) is 3.44. The lowest BCUT2D eigenvalue weighted by Gasteiger charge is -2.60. The number of ether oxygens (including phenoxy) is 1. The van der Waals surface area contributed by atoms with E-state index in [0.717, 1.165) is 44.9 Å². The Morgan fingerprint density at radius 2 is 1.86 bits per heavy atom. The van der Waals surface area contributed by atoms with Gasteiger partial charge in [-0.25, -0.2) is 4.79 Å². The quantitative estimate of drug-likeness (QED) is 0.373. The largest absolute Gasteiger partial charge is 0.463 e. The van der Waals surface area contributed by atoms with E-state index in [0.29, 0.717) is 37.2 Å². The fraction of sp³-hybridized carbons (Fsp3) is 0.875. The van der Waals surface area contributed by atoms with E-state index in [-0.39, 0.29) is 22.7 Å². The van der Waals surface area contributed by atoms with Gasteiger partial charge in [-0.3, -0.25) is 0 Å². The minimum absolute atomic E-state index is 0.0552. The van der Waals surface area contributed by atoms with Crippen LogP contribution in [0, 0.1) is 40.4 Å². The molecule has 0 spiro atoms. The summed E-state index contributed by atoms with van der Waals surface area (Å²) in [4.78, 5) is 12.1. The molecule has 0 amide bonds. The molecule has 0 radical (unpaired) electrons. The monoisotopic (exact) mass is 412 g/mol. The van der Waals surface area contributed by atoms with E-state index in [4.69, 9.17) is 4.74 Å². The lowest BCUT2D eigenvalue weighted by atomic mass is 9.44. The Hall–Kier alpha value is -1.00. The van der Waals surface area contributed by atoms with E-state index in [2.05, 4.69) is 13.8 Å². The summed E-state index contributed by atoms with van der Waals surface area (Å²) in [6, 6.07) is 0. The molecule has 7 atom stereocenters. The molecule has 2 nitrogen and oxygen atoms in total. The number of allylic oxidation sites excluding steroid dienone is 1. The molecule has 4 saturated carbocycles. The Morgan fingerprint density at radius 3 is 2.55 bits per heavy atom. The molecule has 0 N–H and O–H groups in total. The molecule has 6 unspecified atom stereocenters. The Labute approximate surface area is 172 Å². The molecule has 0 aromatic carbocycles. The second-order valence-electron chi connectivity index (χ2n) is 10.6. The molecule has 0 bridgehead atoms. The summed E-state index contributed by atoms with van der Waals surface area (Å²) < 4.78 is 45.2. The van der Waals surface area contributed by atoms with Crippen molar-refractivity contribution in [3.63, 3.8) is 0 Å². The highest BCUT2D eigenvalue weighted by molar-refractivity contribution is 5.83. The molecule has 0 aliphatic heterocycles. The van der Waals surface area contributed by atoms with Crippen LogP contribution in [-0.2, 0) is 9.53 Å². The second-order valence-corrected chi connectivity index (χ2v) is 10.6. The minimum atomic E-state index is -4.04. The van der Waals surface area contributed by atoms with Crippen LogP contribution < -0.4 is 0 Å². The number of hydrogen-bond donors (Lipinski definition) is 0. The molecule has 4 rings (SSSR count). The first-order valence-corrected chi connectivity index (χ1v) is 11.5. The predicted octanol–water partition coefficient (Wildman–Crippen LogP) is 6.70. The molecule has 29 heavy (non-hydrogen) atoms. The SMILES string of the molecule is CCOC(=O)/C=C1\CCC2C3CCC4CC(C(F)(F)F)CCC4(C)C3CC[C@]12C. The fourth-order valence-electron chi connectivity index (χ4n) is 7.97. The number of rotatable bonds is 2. The second kappa shape index (κ2) is 7.30. The van der Waals surface area contributed by atoms with E-state index < -0.39 is 12.1 Å². The van der Waals surface area contributed by atoms with Crippen molar-refractivity contribution < 1.29 is 22.7 Å². The van der Waals surface area contributed by atoms with Gasteiger partial charge in [-0.05, 0) is 99.2 Å². The van der Waals surface area contributed by atoms with E-state index in [1.54, 1.807) is 6.08 Å². The van der Waals surface area contributed by atoms with Gasteiger partial charge < -0.3 is 4.74 Å². The van der Waals surface area contributed by atoms with E-state index in [1.165, 1.54) is 5.57 Å². The Balaban J connectivity index is 1.54. The number of hydrogen-bond acceptors (Lipinski definition) is 2. The van der Waals surface area contributed by atoms with Gasteiger partial charge in [0, 0.05) is 6.08 Å². The third-order valence-corrected chi connectivity index (χ3v) is 9.56. The smallest absolute Gasteiger partial charge is 0.391 e. The summed E-state index contributed by atoms with van der Waals surface area (Å²) in [7, 11) is 0. The van der Waals surface area contributed by atoms with Crippen molar-refractivity contribution in [2.24, 2.45) is 40.4 Å². The molecule has 4 fully saturated rings. The molecule has 4 aliphatic rings. The number of fused-ring (bicyclic) bond motifs is 5. The van der Waals surface area contributed by atoms with Gasteiger partial charge in [0.05, 0.1) is 12.5 Å². The average Bonchev–Trinajstić information content (AvgIpc) is 2.97. The first-order valence-electron chi connectivity index (χ1n) is 11.5. The Morgan fingerprint density at radius 1 is 1.10 bits per heavy atom. The zero-order chi connectivity index (χ0) is 21.0. The van der Waals surface area contributed by atoms with Gasteiger partial charge >= 0.3 is 12.1 Å². The molecular weight excluding hydrogens is 377 g/mol. The molecule has 4 aliphatic carbocycles. The average molecular weight is 413 g/mol. The molecule has 0 aromatic rings. The number of halogens is 3. The van der Waals surface area contributed by atoms with Gasteiger partial charge in [0.15, 0.2) is 0 Å². The first-order chi connectivity index (χ1) is 13.6. The number of carbonyl (C=O) groups is 1. The summed E-state index contributed by atoms with van der Waals surface area (Å²) >= 11 is 0. The van der Waals surface area contributed by atoms with Gasteiger partial charge in [-0.1, -0.05) is 19.4 Å². The van der Waals surface area contributed by atoms with Crippen molar-refractivity contribution >= 4 is 5.97 Å². The third-order valence-electron chi connectivity index (χ3n) is 9.56. The Kier molecular flexibility index (Phi) is 5.35. The molecule has 164 valence electrons. The van der Waals surface area contributed by atoms with Crippen LogP contribution in [0.15, 0.2) is 11.6 Å².